The molecule has 4 nitrogen and oxygen atoms in total. The number of amides is 1. The number of nitrogens with zero attached hydrogens (tertiary/aromatic N) is 1. The summed E-state index contributed by atoms with van der Waals surface area (Å²) in [7, 11) is -2.98. The van der Waals surface area contributed by atoms with E-state index in [0.717, 1.165) is 17.7 Å². The highest BCUT2D eigenvalue weighted by molar-refractivity contribution is 7.91. The molecule has 0 aliphatic carbocycles. The van der Waals surface area contributed by atoms with E-state index in [1.54, 1.807) is 4.90 Å². The van der Waals surface area contributed by atoms with Gasteiger partial charge >= 0.3 is 0 Å². The van der Waals surface area contributed by atoms with E-state index in [-0.39, 0.29) is 29.4 Å². The molecular weight excluding hydrogens is 262 g/mol. The van der Waals surface area contributed by atoms with Crippen molar-refractivity contribution in [2.24, 2.45) is 5.92 Å². The Labute approximate surface area is 113 Å². The van der Waals surface area contributed by atoms with Crippen LogP contribution in [-0.4, -0.2) is 31.9 Å². The van der Waals surface area contributed by atoms with Gasteiger partial charge in [-0.25, -0.2) is 8.42 Å². The summed E-state index contributed by atoms with van der Waals surface area (Å²) >= 11 is 0. The number of carbonyl (C=O) groups is 1. The number of sulfone groups is 1. The summed E-state index contributed by atoms with van der Waals surface area (Å²) in [6.07, 6.45) is 1.20. The number of fused-ring (bicyclic) bond motifs is 1. The van der Waals surface area contributed by atoms with Crippen molar-refractivity contribution in [1.29, 1.82) is 0 Å². The molecule has 0 aromatic heterocycles. The predicted molar refractivity (Wildman–Crippen MR) is 73.9 cm³/mol. The first-order valence-corrected chi connectivity index (χ1v) is 8.44. The molecule has 1 aromatic carbocycles. The van der Waals surface area contributed by atoms with Crippen LogP contribution in [0.2, 0.25) is 0 Å². The summed E-state index contributed by atoms with van der Waals surface area (Å²) in [4.78, 5) is 13.9. The van der Waals surface area contributed by atoms with Gasteiger partial charge in [0, 0.05) is 18.0 Å². The van der Waals surface area contributed by atoms with Crippen LogP contribution in [0.1, 0.15) is 18.9 Å². The van der Waals surface area contributed by atoms with Crippen molar-refractivity contribution in [2.75, 3.05) is 16.4 Å². The maximum Gasteiger partial charge on any atom is 0.227 e. The smallest absolute Gasteiger partial charge is 0.227 e. The summed E-state index contributed by atoms with van der Waals surface area (Å²) in [5.41, 5.74) is 1.99. The molecule has 5 heteroatoms. The molecule has 2 atom stereocenters. The molecule has 0 N–H and O–H groups in total. The Hall–Kier alpha value is -1.36. The minimum atomic E-state index is -2.98. The van der Waals surface area contributed by atoms with Crippen molar-refractivity contribution in [1.82, 2.24) is 0 Å². The van der Waals surface area contributed by atoms with E-state index in [1.807, 2.05) is 31.2 Å². The SMILES string of the molecule is CCc1ccccc1N1C(=O)C[C@H]2CS(=O)(=O)C[C@H]21. The van der Waals surface area contributed by atoms with Gasteiger partial charge in [-0.3, -0.25) is 4.79 Å². The van der Waals surface area contributed by atoms with Crippen LogP contribution >= 0.6 is 0 Å². The number of aryl methyl sites for hydroxylation is 1. The quantitative estimate of drug-likeness (QED) is 0.822. The van der Waals surface area contributed by atoms with Gasteiger partial charge in [-0.15, -0.1) is 0 Å². The zero-order chi connectivity index (χ0) is 13.6. The fraction of sp³-hybridized carbons (Fsp3) is 0.500. The van der Waals surface area contributed by atoms with Crippen LogP contribution in [0.15, 0.2) is 24.3 Å². The van der Waals surface area contributed by atoms with E-state index >= 15 is 0 Å². The number of anilines is 1. The molecule has 1 aromatic rings. The number of para-hydroxylation sites is 1. The van der Waals surface area contributed by atoms with Crippen LogP contribution in [-0.2, 0) is 21.1 Å². The van der Waals surface area contributed by atoms with Gasteiger partial charge in [-0.2, -0.15) is 0 Å². The highest BCUT2D eigenvalue weighted by atomic mass is 32.2. The van der Waals surface area contributed by atoms with Crippen LogP contribution in [0.3, 0.4) is 0 Å². The fourth-order valence-corrected chi connectivity index (χ4v) is 5.32. The van der Waals surface area contributed by atoms with Crippen LogP contribution in [0.4, 0.5) is 5.69 Å². The van der Waals surface area contributed by atoms with E-state index < -0.39 is 9.84 Å². The monoisotopic (exact) mass is 279 g/mol. The minimum absolute atomic E-state index is 0.0255. The molecule has 0 unspecified atom stereocenters. The Balaban J connectivity index is 2.02. The minimum Gasteiger partial charge on any atom is -0.308 e. The van der Waals surface area contributed by atoms with Crippen molar-refractivity contribution in [3.8, 4) is 0 Å². The van der Waals surface area contributed by atoms with Gasteiger partial charge in [0.1, 0.15) is 0 Å². The van der Waals surface area contributed by atoms with Gasteiger partial charge in [0.05, 0.1) is 17.5 Å². The largest absolute Gasteiger partial charge is 0.308 e. The molecule has 2 aliphatic rings. The molecule has 19 heavy (non-hydrogen) atoms. The van der Waals surface area contributed by atoms with Gasteiger partial charge in [0.2, 0.25) is 5.91 Å². The van der Waals surface area contributed by atoms with Crippen LogP contribution in [0.25, 0.3) is 0 Å². The van der Waals surface area contributed by atoms with E-state index in [9.17, 15) is 13.2 Å². The average Bonchev–Trinajstić information content (AvgIpc) is 2.79. The molecule has 2 aliphatic heterocycles. The molecule has 0 saturated carbocycles. The standard InChI is InChI=1S/C14H17NO3S/c1-2-10-5-3-4-6-12(10)15-13-9-19(17,18)8-11(13)7-14(15)16/h3-6,11,13H,2,7-9H2,1H3/t11-,13+/m0/s1. The second kappa shape index (κ2) is 4.34. The van der Waals surface area contributed by atoms with Gasteiger partial charge in [0.25, 0.3) is 0 Å². The van der Waals surface area contributed by atoms with Crippen LogP contribution in [0.5, 0.6) is 0 Å². The van der Waals surface area contributed by atoms with Gasteiger partial charge < -0.3 is 4.90 Å². The van der Waals surface area contributed by atoms with Crippen molar-refractivity contribution < 1.29 is 13.2 Å². The van der Waals surface area contributed by atoms with Crippen molar-refractivity contribution >= 4 is 21.4 Å². The molecule has 0 radical (unpaired) electrons. The maximum atomic E-state index is 12.2. The molecular formula is C14H17NO3S. The second-order valence-corrected chi connectivity index (χ2v) is 7.51. The zero-order valence-electron chi connectivity index (χ0n) is 10.9. The normalized spacial score (nSPS) is 28.7. The summed E-state index contributed by atoms with van der Waals surface area (Å²) in [6, 6.07) is 7.61. The third-order valence-corrected chi connectivity index (χ3v) is 5.89. The third-order valence-electron chi connectivity index (χ3n) is 4.11. The van der Waals surface area contributed by atoms with Crippen molar-refractivity contribution in [3.63, 3.8) is 0 Å². The predicted octanol–water partition coefficient (Wildman–Crippen LogP) is 1.40. The van der Waals surface area contributed by atoms with E-state index in [4.69, 9.17) is 0 Å². The lowest BCUT2D eigenvalue weighted by molar-refractivity contribution is -0.117. The third kappa shape index (κ3) is 2.06. The number of benzene rings is 1. The Morgan fingerprint density at radius 1 is 1.26 bits per heavy atom. The molecule has 0 bridgehead atoms. The van der Waals surface area contributed by atoms with Gasteiger partial charge in [-0.05, 0) is 18.1 Å². The number of rotatable bonds is 2. The Morgan fingerprint density at radius 2 is 2.00 bits per heavy atom. The lowest BCUT2D eigenvalue weighted by atomic mass is 10.0. The maximum absolute atomic E-state index is 12.2. The number of carbonyl (C=O) groups excluding carboxylic acids is 1. The summed E-state index contributed by atoms with van der Waals surface area (Å²) in [5.74, 6) is 0.309. The second-order valence-electron chi connectivity index (χ2n) is 5.35. The summed E-state index contributed by atoms with van der Waals surface area (Å²) in [5, 5.41) is 0. The molecule has 2 heterocycles. The van der Waals surface area contributed by atoms with Gasteiger partial charge in [-0.1, -0.05) is 25.1 Å². The van der Waals surface area contributed by atoms with Crippen LogP contribution in [0, 0.1) is 5.92 Å². The Kier molecular flexibility index (Phi) is 2.89. The first kappa shape index (κ1) is 12.7. The molecule has 2 fully saturated rings. The zero-order valence-corrected chi connectivity index (χ0v) is 11.7. The van der Waals surface area contributed by atoms with Gasteiger partial charge in [0.15, 0.2) is 9.84 Å². The summed E-state index contributed by atoms with van der Waals surface area (Å²) < 4.78 is 23.5. The van der Waals surface area contributed by atoms with E-state index in [2.05, 4.69) is 0 Å². The Bertz CT molecular complexity index is 623. The molecule has 2 saturated heterocycles. The first-order chi connectivity index (χ1) is 9.02. The van der Waals surface area contributed by atoms with E-state index in [1.165, 1.54) is 0 Å². The Morgan fingerprint density at radius 3 is 2.74 bits per heavy atom. The average molecular weight is 279 g/mol. The molecule has 3 rings (SSSR count). The molecule has 102 valence electrons. The lowest BCUT2D eigenvalue weighted by Crippen LogP contribution is -2.36. The lowest BCUT2D eigenvalue weighted by Gasteiger charge is -2.25. The van der Waals surface area contributed by atoms with Crippen molar-refractivity contribution in [3.05, 3.63) is 29.8 Å². The first-order valence-electron chi connectivity index (χ1n) is 6.62. The number of hydrogen-bond donors (Lipinski definition) is 0. The topological polar surface area (TPSA) is 54.5 Å². The van der Waals surface area contributed by atoms with E-state index in [0.29, 0.717) is 6.42 Å². The molecule has 0 spiro atoms. The van der Waals surface area contributed by atoms with Crippen LogP contribution < -0.4 is 4.90 Å². The highest BCUT2D eigenvalue weighted by Crippen LogP contribution is 2.38. The highest BCUT2D eigenvalue weighted by Gasteiger charge is 2.49. The summed E-state index contributed by atoms with van der Waals surface area (Å²) in [6.45, 7) is 2.04. The van der Waals surface area contributed by atoms with Crippen molar-refractivity contribution in [2.45, 2.75) is 25.8 Å². The molecule has 1 amide bonds. The number of hydrogen-bond acceptors (Lipinski definition) is 3. The fourth-order valence-electron chi connectivity index (χ4n) is 3.25.